The fourth-order valence-electron chi connectivity index (χ4n) is 4.81. The molecule has 1 aromatic rings. The van der Waals surface area contributed by atoms with Gasteiger partial charge >= 0.3 is 0 Å². The maximum Gasteiger partial charge on any atom is 0.118 e. The normalized spacial score (nSPS) is 23.1. The SMILES string of the molecule is CCC(C)C1=CCC=C1[Si](C)(c1ccccc1)C1CCCCC1. The molecule has 0 nitrogen and oxygen atoms in total. The van der Waals surface area contributed by atoms with E-state index >= 15 is 0 Å². The highest BCUT2D eigenvalue weighted by atomic mass is 28.3. The van der Waals surface area contributed by atoms with Crippen molar-refractivity contribution in [2.75, 3.05) is 0 Å². The molecule has 0 aliphatic heterocycles. The minimum absolute atomic E-state index is 0.711. The zero-order valence-electron chi connectivity index (χ0n) is 15.1. The number of rotatable bonds is 5. The predicted molar refractivity (Wildman–Crippen MR) is 105 cm³/mol. The Morgan fingerprint density at radius 1 is 1.04 bits per heavy atom. The smallest absolute Gasteiger partial charge is 0.0808 e. The van der Waals surface area contributed by atoms with E-state index in [9.17, 15) is 0 Å². The van der Waals surface area contributed by atoms with Crippen LogP contribution in [0.15, 0.2) is 53.3 Å². The molecule has 1 saturated carbocycles. The van der Waals surface area contributed by atoms with Crippen molar-refractivity contribution in [3.8, 4) is 0 Å². The van der Waals surface area contributed by atoms with Crippen LogP contribution in [0.2, 0.25) is 12.1 Å². The first kappa shape index (κ1) is 16.8. The fraction of sp³-hybridized carbons (Fsp3) is 0.545. The van der Waals surface area contributed by atoms with Gasteiger partial charge in [-0.15, -0.1) is 0 Å². The van der Waals surface area contributed by atoms with Crippen LogP contribution < -0.4 is 5.19 Å². The topological polar surface area (TPSA) is 0 Å². The van der Waals surface area contributed by atoms with Gasteiger partial charge < -0.3 is 0 Å². The molecule has 0 heterocycles. The first-order valence-corrected chi connectivity index (χ1v) is 12.2. The Hall–Kier alpha value is -1.08. The van der Waals surface area contributed by atoms with Gasteiger partial charge in [-0.2, -0.15) is 0 Å². The Bertz CT molecular complexity index is 577. The van der Waals surface area contributed by atoms with E-state index in [4.69, 9.17) is 0 Å². The van der Waals surface area contributed by atoms with Gasteiger partial charge in [0.05, 0.1) is 0 Å². The van der Waals surface area contributed by atoms with E-state index in [0.717, 1.165) is 12.0 Å². The second-order valence-corrected chi connectivity index (χ2v) is 12.1. The van der Waals surface area contributed by atoms with Gasteiger partial charge in [0.2, 0.25) is 0 Å². The lowest BCUT2D eigenvalue weighted by molar-refractivity contribution is 0.494. The molecule has 2 atom stereocenters. The molecule has 0 amide bonds. The summed E-state index contributed by atoms with van der Waals surface area (Å²) in [5, 5.41) is 3.44. The molecule has 1 heteroatoms. The largest absolute Gasteiger partial charge is 0.118 e. The van der Waals surface area contributed by atoms with E-state index in [2.05, 4.69) is 62.9 Å². The highest BCUT2D eigenvalue weighted by molar-refractivity contribution is 6.98. The molecule has 0 spiro atoms. The van der Waals surface area contributed by atoms with Crippen LogP contribution in [0.5, 0.6) is 0 Å². The highest BCUT2D eigenvalue weighted by Gasteiger charge is 2.44. The summed E-state index contributed by atoms with van der Waals surface area (Å²) in [5.41, 5.74) is 2.62. The summed E-state index contributed by atoms with van der Waals surface area (Å²) in [4.78, 5) is 0. The van der Waals surface area contributed by atoms with E-state index < -0.39 is 8.07 Å². The fourth-order valence-corrected chi connectivity index (χ4v) is 9.97. The zero-order chi connectivity index (χ0) is 16.3. The third kappa shape index (κ3) is 3.13. The number of benzene rings is 1. The van der Waals surface area contributed by atoms with Crippen LogP contribution in [0.3, 0.4) is 0 Å². The van der Waals surface area contributed by atoms with Gasteiger partial charge in [0.1, 0.15) is 8.07 Å². The highest BCUT2D eigenvalue weighted by Crippen LogP contribution is 2.45. The lowest BCUT2D eigenvalue weighted by atomic mass is 9.99. The molecule has 124 valence electrons. The van der Waals surface area contributed by atoms with Crippen molar-refractivity contribution in [3.63, 3.8) is 0 Å². The van der Waals surface area contributed by atoms with E-state index in [1.54, 1.807) is 16.0 Å². The van der Waals surface area contributed by atoms with Crippen LogP contribution in [-0.2, 0) is 0 Å². The van der Waals surface area contributed by atoms with Crippen LogP contribution in [0, 0.1) is 5.92 Å². The molecular formula is C22H32Si. The van der Waals surface area contributed by atoms with Gasteiger partial charge in [-0.05, 0) is 29.9 Å². The summed E-state index contributed by atoms with van der Waals surface area (Å²) in [6, 6.07) is 11.5. The number of hydrogen-bond acceptors (Lipinski definition) is 0. The Morgan fingerprint density at radius 3 is 2.39 bits per heavy atom. The monoisotopic (exact) mass is 324 g/mol. The summed E-state index contributed by atoms with van der Waals surface area (Å²) >= 11 is 0. The van der Waals surface area contributed by atoms with Crippen molar-refractivity contribution >= 4 is 13.3 Å². The summed E-state index contributed by atoms with van der Waals surface area (Å²) in [5.74, 6) is 0.711. The molecule has 0 N–H and O–H groups in total. The summed E-state index contributed by atoms with van der Waals surface area (Å²) in [6.45, 7) is 7.43. The van der Waals surface area contributed by atoms with Gasteiger partial charge in [0.15, 0.2) is 0 Å². The first-order chi connectivity index (χ1) is 11.2. The van der Waals surface area contributed by atoms with Gasteiger partial charge in [-0.25, -0.2) is 0 Å². The average molecular weight is 325 g/mol. The van der Waals surface area contributed by atoms with Crippen LogP contribution in [0.1, 0.15) is 58.8 Å². The maximum absolute atomic E-state index is 2.67. The van der Waals surface area contributed by atoms with Gasteiger partial charge in [-0.1, -0.05) is 105 Å². The molecule has 1 fully saturated rings. The molecule has 0 bridgehead atoms. The minimum atomic E-state index is -1.64. The van der Waals surface area contributed by atoms with Crippen molar-refractivity contribution in [1.82, 2.24) is 0 Å². The number of allylic oxidation sites excluding steroid dienone is 4. The van der Waals surface area contributed by atoms with Crippen LogP contribution in [0.25, 0.3) is 0 Å². The molecule has 2 unspecified atom stereocenters. The molecule has 23 heavy (non-hydrogen) atoms. The molecule has 0 aromatic heterocycles. The molecule has 1 aromatic carbocycles. The standard InChI is InChI=1S/C22H32Si/c1-4-18(2)21-16-11-17-22(21)23(3,19-12-7-5-8-13-19)20-14-9-6-10-15-20/h5,7-8,12-13,16-18,20H,4,6,9-11,14-15H2,1-3H3. The van der Waals surface area contributed by atoms with E-state index in [1.165, 1.54) is 38.5 Å². The zero-order valence-corrected chi connectivity index (χ0v) is 16.1. The van der Waals surface area contributed by atoms with Crippen molar-refractivity contribution in [2.24, 2.45) is 5.92 Å². The second-order valence-electron chi connectivity index (χ2n) is 7.73. The van der Waals surface area contributed by atoms with Gasteiger partial charge in [0.25, 0.3) is 0 Å². The third-order valence-electron chi connectivity index (χ3n) is 6.47. The second kappa shape index (κ2) is 7.21. The van der Waals surface area contributed by atoms with E-state index in [1.807, 2.05) is 0 Å². The van der Waals surface area contributed by atoms with Crippen LogP contribution in [-0.4, -0.2) is 8.07 Å². The third-order valence-corrected chi connectivity index (χ3v) is 11.8. The maximum atomic E-state index is 2.67. The Labute approximate surface area is 143 Å². The van der Waals surface area contributed by atoms with Crippen molar-refractivity contribution in [1.29, 1.82) is 0 Å². The van der Waals surface area contributed by atoms with Crippen LogP contribution in [0.4, 0.5) is 0 Å². The lowest BCUT2D eigenvalue weighted by Gasteiger charge is -2.41. The number of hydrogen-bond donors (Lipinski definition) is 0. The van der Waals surface area contributed by atoms with Crippen molar-refractivity contribution < 1.29 is 0 Å². The Kier molecular flexibility index (Phi) is 5.26. The molecular weight excluding hydrogens is 292 g/mol. The van der Waals surface area contributed by atoms with Crippen LogP contribution >= 0.6 is 0 Å². The summed E-state index contributed by atoms with van der Waals surface area (Å²) in [6.07, 6.45) is 14.8. The average Bonchev–Trinajstić information content (AvgIpc) is 3.12. The van der Waals surface area contributed by atoms with Gasteiger partial charge in [-0.3, -0.25) is 0 Å². The van der Waals surface area contributed by atoms with E-state index in [0.29, 0.717) is 5.92 Å². The molecule has 0 saturated heterocycles. The summed E-state index contributed by atoms with van der Waals surface area (Å²) in [7, 11) is -1.64. The quantitative estimate of drug-likeness (QED) is 0.570. The van der Waals surface area contributed by atoms with Crippen molar-refractivity contribution in [3.05, 3.63) is 53.3 Å². The Balaban J connectivity index is 2.04. The lowest BCUT2D eigenvalue weighted by Crippen LogP contribution is -2.52. The molecule has 0 radical (unpaired) electrons. The molecule has 2 aliphatic rings. The van der Waals surface area contributed by atoms with E-state index in [-0.39, 0.29) is 0 Å². The molecule has 3 rings (SSSR count). The first-order valence-electron chi connectivity index (χ1n) is 9.64. The Morgan fingerprint density at radius 2 is 1.74 bits per heavy atom. The van der Waals surface area contributed by atoms with Crippen molar-refractivity contribution in [2.45, 2.75) is 70.9 Å². The summed E-state index contributed by atoms with van der Waals surface area (Å²) < 4.78 is 0. The predicted octanol–water partition coefficient (Wildman–Crippen LogP) is 6.15. The van der Waals surface area contributed by atoms with Gasteiger partial charge in [0, 0.05) is 0 Å². The minimum Gasteiger partial charge on any atom is -0.0808 e. The molecule has 2 aliphatic carbocycles.